The Morgan fingerprint density at radius 1 is 1.04 bits per heavy atom. The molecule has 26 heavy (non-hydrogen) atoms. The van der Waals surface area contributed by atoms with Crippen molar-refractivity contribution >= 4 is 23.0 Å². The summed E-state index contributed by atoms with van der Waals surface area (Å²) in [5.74, 6) is 0.933. The molecule has 0 saturated carbocycles. The molecular formula is C17H19N7O2. The van der Waals surface area contributed by atoms with Gasteiger partial charge in [0.05, 0.1) is 16.9 Å². The molecule has 3 aromatic heterocycles. The number of hydrogen-bond donors (Lipinski definition) is 3. The number of aromatic nitrogens is 3. The molecule has 0 bridgehead atoms. The molecule has 9 nitrogen and oxygen atoms in total. The average molecular weight is 353 g/mol. The highest BCUT2D eigenvalue weighted by molar-refractivity contribution is 5.78. The van der Waals surface area contributed by atoms with Crippen molar-refractivity contribution in [2.45, 2.75) is 27.2 Å². The second kappa shape index (κ2) is 6.43. The van der Waals surface area contributed by atoms with Crippen molar-refractivity contribution in [2.24, 2.45) is 5.18 Å². The minimum atomic E-state index is -0.107. The number of anilines is 3. The number of nitrogens with two attached hydrogens (primary N) is 3. The largest absolute Gasteiger partial charge is 0.397 e. The number of nitroso groups, excluding NO2 is 1. The van der Waals surface area contributed by atoms with Crippen LogP contribution < -0.4 is 17.2 Å². The summed E-state index contributed by atoms with van der Waals surface area (Å²) in [6, 6.07) is 3.71. The maximum atomic E-state index is 10.8. The smallest absolute Gasteiger partial charge is 0.222 e. The van der Waals surface area contributed by atoms with Gasteiger partial charge in [0.2, 0.25) is 5.82 Å². The second-order valence-corrected chi connectivity index (χ2v) is 6.03. The van der Waals surface area contributed by atoms with Crippen LogP contribution in [0.15, 0.2) is 21.8 Å². The summed E-state index contributed by atoms with van der Waals surface area (Å²) >= 11 is 0. The first kappa shape index (κ1) is 17.3. The number of nitrogens with zero attached hydrogens (tertiary/aromatic N) is 4. The Balaban J connectivity index is 1.99. The van der Waals surface area contributed by atoms with Gasteiger partial charge in [0, 0.05) is 28.9 Å². The lowest BCUT2D eigenvalue weighted by molar-refractivity contribution is 0.393. The van der Waals surface area contributed by atoms with Crippen molar-refractivity contribution in [1.29, 1.82) is 0 Å². The molecule has 0 aliphatic heterocycles. The summed E-state index contributed by atoms with van der Waals surface area (Å²) in [6.45, 7) is 5.41. The highest BCUT2D eigenvalue weighted by Gasteiger charge is 2.18. The fourth-order valence-electron chi connectivity index (χ4n) is 2.93. The quantitative estimate of drug-likeness (QED) is 0.603. The van der Waals surface area contributed by atoms with E-state index in [1.54, 1.807) is 6.92 Å². The van der Waals surface area contributed by atoms with E-state index in [1.807, 2.05) is 26.0 Å². The zero-order chi connectivity index (χ0) is 19.0. The molecule has 134 valence electrons. The van der Waals surface area contributed by atoms with Gasteiger partial charge in [-0.15, -0.1) is 4.91 Å². The SMILES string of the molecule is Cc1nc(N=O)c(N)c(N)c1Cc1ccc(-c2c(C)noc2C)c(N)n1. The van der Waals surface area contributed by atoms with Crippen molar-refractivity contribution in [2.75, 3.05) is 17.2 Å². The fraction of sp³-hybridized carbons (Fsp3) is 0.235. The van der Waals surface area contributed by atoms with Gasteiger partial charge in [0.1, 0.15) is 17.3 Å². The van der Waals surface area contributed by atoms with Gasteiger partial charge in [-0.1, -0.05) is 5.16 Å². The Morgan fingerprint density at radius 3 is 2.35 bits per heavy atom. The molecule has 0 saturated heterocycles. The molecule has 6 N–H and O–H groups in total. The van der Waals surface area contributed by atoms with E-state index in [4.69, 9.17) is 21.7 Å². The van der Waals surface area contributed by atoms with Crippen molar-refractivity contribution in [1.82, 2.24) is 15.1 Å². The van der Waals surface area contributed by atoms with E-state index in [-0.39, 0.29) is 17.2 Å². The minimum absolute atomic E-state index is 0.0703. The molecule has 0 radical (unpaired) electrons. The van der Waals surface area contributed by atoms with E-state index in [9.17, 15) is 4.91 Å². The lowest BCUT2D eigenvalue weighted by Gasteiger charge is -2.13. The summed E-state index contributed by atoms with van der Waals surface area (Å²) in [4.78, 5) is 19.3. The maximum absolute atomic E-state index is 10.8. The van der Waals surface area contributed by atoms with E-state index in [1.165, 1.54) is 0 Å². The van der Waals surface area contributed by atoms with Crippen LogP contribution in [0.2, 0.25) is 0 Å². The third-order valence-electron chi connectivity index (χ3n) is 4.30. The van der Waals surface area contributed by atoms with E-state index < -0.39 is 0 Å². The van der Waals surface area contributed by atoms with Crippen LogP contribution >= 0.6 is 0 Å². The zero-order valence-corrected chi connectivity index (χ0v) is 14.7. The predicted molar refractivity (Wildman–Crippen MR) is 99.7 cm³/mol. The molecule has 0 unspecified atom stereocenters. The minimum Gasteiger partial charge on any atom is -0.397 e. The van der Waals surface area contributed by atoms with Gasteiger partial charge >= 0.3 is 0 Å². The first-order valence-electron chi connectivity index (χ1n) is 7.89. The van der Waals surface area contributed by atoms with Crippen LogP contribution in [0, 0.1) is 25.7 Å². The number of rotatable bonds is 4. The molecule has 0 aliphatic carbocycles. The third kappa shape index (κ3) is 2.83. The molecule has 9 heteroatoms. The Hall–Kier alpha value is -3.49. The fourth-order valence-corrected chi connectivity index (χ4v) is 2.93. The first-order chi connectivity index (χ1) is 12.3. The highest BCUT2D eigenvalue weighted by atomic mass is 16.5. The van der Waals surface area contributed by atoms with Crippen molar-refractivity contribution in [3.63, 3.8) is 0 Å². The summed E-state index contributed by atoms with van der Waals surface area (Å²) < 4.78 is 5.19. The molecule has 0 atom stereocenters. The number of pyridine rings is 2. The lowest BCUT2D eigenvalue weighted by atomic mass is 10.0. The molecular weight excluding hydrogens is 334 g/mol. The van der Waals surface area contributed by atoms with Crippen molar-refractivity contribution < 1.29 is 4.52 Å². The van der Waals surface area contributed by atoms with E-state index in [0.29, 0.717) is 35.0 Å². The summed E-state index contributed by atoms with van der Waals surface area (Å²) in [5, 5.41) is 6.74. The number of nitrogen functional groups attached to an aromatic ring is 3. The topological polar surface area (TPSA) is 159 Å². The van der Waals surface area contributed by atoms with Crippen LogP contribution in [-0.4, -0.2) is 15.1 Å². The Bertz CT molecular complexity index is 991. The van der Waals surface area contributed by atoms with Crippen molar-refractivity contribution in [3.05, 3.63) is 45.4 Å². The molecule has 0 fully saturated rings. The Labute approximate surface area is 149 Å². The van der Waals surface area contributed by atoms with Crippen LogP contribution in [0.3, 0.4) is 0 Å². The number of hydrogen-bond acceptors (Lipinski definition) is 9. The van der Waals surface area contributed by atoms with Crippen LogP contribution in [0.4, 0.5) is 23.0 Å². The first-order valence-corrected chi connectivity index (χ1v) is 7.89. The van der Waals surface area contributed by atoms with Gasteiger partial charge in [0.15, 0.2) is 0 Å². The van der Waals surface area contributed by atoms with Gasteiger partial charge < -0.3 is 21.7 Å². The van der Waals surface area contributed by atoms with Crippen LogP contribution in [-0.2, 0) is 6.42 Å². The van der Waals surface area contributed by atoms with Gasteiger partial charge in [0.25, 0.3) is 0 Å². The molecule has 0 spiro atoms. The van der Waals surface area contributed by atoms with Crippen LogP contribution in [0.1, 0.15) is 28.4 Å². The third-order valence-corrected chi connectivity index (χ3v) is 4.30. The Morgan fingerprint density at radius 2 is 1.77 bits per heavy atom. The van der Waals surface area contributed by atoms with E-state index >= 15 is 0 Å². The maximum Gasteiger partial charge on any atom is 0.222 e. The molecule has 3 rings (SSSR count). The van der Waals surface area contributed by atoms with Crippen LogP contribution in [0.25, 0.3) is 11.1 Å². The summed E-state index contributed by atoms with van der Waals surface area (Å²) in [7, 11) is 0. The van der Waals surface area contributed by atoms with Gasteiger partial charge in [-0.2, -0.15) is 0 Å². The average Bonchev–Trinajstić information content (AvgIpc) is 2.94. The van der Waals surface area contributed by atoms with Crippen LogP contribution in [0.5, 0.6) is 0 Å². The van der Waals surface area contributed by atoms with E-state index in [0.717, 1.165) is 16.8 Å². The second-order valence-electron chi connectivity index (χ2n) is 6.03. The zero-order valence-electron chi connectivity index (χ0n) is 14.7. The lowest BCUT2D eigenvalue weighted by Crippen LogP contribution is -2.07. The molecule has 3 aromatic rings. The monoisotopic (exact) mass is 353 g/mol. The molecule has 0 aromatic carbocycles. The highest BCUT2D eigenvalue weighted by Crippen LogP contribution is 2.34. The number of aryl methyl sites for hydroxylation is 3. The van der Waals surface area contributed by atoms with Gasteiger partial charge in [-0.3, -0.25) is 0 Å². The van der Waals surface area contributed by atoms with Gasteiger partial charge in [-0.25, -0.2) is 9.97 Å². The normalized spacial score (nSPS) is 10.9. The van der Waals surface area contributed by atoms with Crippen molar-refractivity contribution in [3.8, 4) is 11.1 Å². The van der Waals surface area contributed by atoms with E-state index in [2.05, 4.69) is 20.3 Å². The molecule has 0 amide bonds. The van der Waals surface area contributed by atoms with Gasteiger partial charge in [-0.05, 0) is 38.1 Å². The summed E-state index contributed by atoms with van der Waals surface area (Å²) in [6.07, 6.45) is 0.375. The molecule has 3 heterocycles. The summed E-state index contributed by atoms with van der Waals surface area (Å²) in [5.41, 5.74) is 22.7. The Kier molecular flexibility index (Phi) is 4.29. The molecule has 0 aliphatic rings. The predicted octanol–water partition coefficient (Wildman–Crippen LogP) is 2.79. The standard InChI is InChI=1S/C17H19N7O2/c1-7-12(14(18)15(19)17(21-7)23-25)6-10-4-5-11(16(20)22-10)13-8(2)24-26-9(13)3/h4-5H,6,19H2,1-3H3,(H2,18,21)(H2,20,22).